The molecule has 0 aromatic heterocycles. The summed E-state index contributed by atoms with van der Waals surface area (Å²) in [5, 5.41) is 0. The minimum absolute atomic E-state index is 0.0265. The van der Waals surface area contributed by atoms with Gasteiger partial charge >= 0.3 is 0 Å². The molecule has 0 saturated carbocycles. The van der Waals surface area contributed by atoms with Crippen molar-refractivity contribution in [3.05, 3.63) is 11.3 Å². The lowest BCUT2D eigenvalue weighted by atomic mass is 9.79. The van der Waals surface area contributed by atoms with Gasteiger partial charge in [-0.25, -0.2) is 8.42 Å². The van der Waals surface area contributed by atoms with Crippen molar-refractivity contribution in [3.63, 3.8) is 0 Å². The van der Waals surface area contributed by atoms with Crippen LogP contribution in [0.2, 0.25) is 0 Å². The van der Waals surface area contributed by atoms with Crippen LogP contribution in [0.5, 0.6) is 0 Å². The highest BCUT2D eigenvalue weighted by Crippen LogP contribution is 2.44. The lowest BCUT2D eigenvalue weighted by Crippen LogP contribution is -2.45. The van der Waals surface area contributed by atoms with E-state index in [2.05, 4.69) is 53.4 Å². The number of hydrogen-bond donors (Lipinski definition) is 0. The third-order valence-electron chi connectivity index (χ3n) is 5.47. The number of sulfonamides is 1. The van der Waals surface area contributed by atoms with Crippen LogP contribution in [-0.2, 0) is 10.0 Å². The highest BCUT2D eigenvalue weighted by molar-refractivity contribution is 7.89. The first-order chi connectivity index (χ1) is 11.3. The summed E-state index contributed by atoms with van der Waals surface area (Å²) >= 11 is 0. The SMILES string of the molecule is C[C@@H]1N=C(C(C)(C)C)N2C[C@@H](N3CCCS3(=O)=O)CC2=C1C(C)(C)C. The molecule has 3 aliphatic heterocycles. The maximum absolute atomic E-state index is 12.4. The van der Waals surface area contributed by atoms with E-state index < -0.39 is 10.0 Å². The molecule has 0 aromatic carbocycles. The van der Waals surface area contributed by atoms with Gasteiger partial charge in [0.25, 0.3) is 0 Å². The number of hydrogen-bond acceptors (Lipinski definition) is 4. The van der Waals surface area contributed by atoms with Crippen molar-refractivity contribution in [3.8, 4) is 0 Å². The number of amidine groups is 1. The van der Waals surface area contributed by atoms with Crippen LogP contribution >= 0.6 is 0 Å². The zero-order chi connectivity index (χ0) is 18.8. The molecule has 0 unspecified atom stereocenters. The Labute approximate surface area is 153 Å². The minimum Gasteiger partial charge on any atom is -0.332 e. The van der Waals surface area contributed by atoms with E-state index in [-0.39, 0.29) is 22.9 Å². The first-order valence-electron chi connectivity index (χ1n) is 9.41. The lowest BCUT2D eigenvalue weighted by Gasteiger charge is -2.41. The Bertz CT molecular complexity index is 723. The van der Waals surface area contributed by atoms with Gasteiger partial charge in [-0.15, -0.1) is 0 Å². The van der Waals surface area contributed by atoms with Crippen LogP contribution in [0, 0.1) is 10.8 Å². The molecule has 2 fully saturated rings. The van der Waals surface area contributed by atoms with Crippen molar-refractivity contribution in [1.82, 2.24) is 9.21 Å². The lowest BCUT2D eigenvalue weighted by molar-refractivity contribution is 0.335. The van der Waals surface area contributed by atoms with Crippen LogP contribution in [0.25, 0.3) is 0 Å². The van der Waals surface area contributed by atoms with Crippen molar-refractivity contribution in [2.24, 2.45) is 15.8 Å². The van der Waals surface area contributed by atoms with Gasteiger partial charge in [-0.2, -0.15) is 4.31 Å². The van der Waals surface area contributed by atoms with E-state index in [0.29, 0.717) is 12.3 Å². The molecule has 0 amide bonds. The molecule has 5 nitrogen and oxygen atoms in total. The van der Waals surface area contributed by atoms with E-state index in [1.54, 1.807) is 4.31 Å². The number of aliphatic imine (C=N–C) groups is 1. The van der Waals surface area contributed by atoms with E-state index in [4.69, 9.17) is 4.99 Å². The molecule has 3 heterocycles. The molecule has 0 spiro atoms. The van der Waals surface area contributed by atoms with E-state index in [9.17, 15) is 8.42 Å². The van der Waals surface area contributed by atoms with Crippen LogP contribution in [0.15, 0.2) is 16.3 Å². The maximum Gasteiger partial charge on any atom is 0.214 e. The van der Waals surface area contributed by atoms with Gasteiger partial charge in [-0.05, 0) is 24.3 Å². The Kier molecular flexibility index (Phi) is 4.39. The Morgan fingerprint density at radius 1 is 1.08 bits per heavy atom. The molecule has 3 aliphatic rings. The highest BCUT2D eigenvalue weighted by Gasteiger charge is 2.46. The third kappa shape index (κ3) is 3.27. The fourth-order valence-electron chi connectivity index (χ4n) is 4.67. The van der Waals surface area contributed by atoms with Crippen LogP contribution in [0.3, 0.4) is 0 Å². The van der Waals surface area contributed by atoms with Gasteiger partial charge in [0.15, 0.2) is 0 Å². The van der Waals surface area contributed by atoms with Crippen molar-refractivity contribution in [2.75, 3.05) is 18.8 Å². The highest BCUT2D eigenvalue weighted by atomic mass is 32.2. The second-order valence-electron chi connectivity index (χ2n) is 9.74. The molecule has 0 aromatic rings. The molecule has 0 N–H and O–H groups in total. The topological polar surface area (TPSA) is 53.0 Å². The van der Waals surface area contributed by atoms with Gasteiger partial charge in [-0.3, -0.25) is 4.99 Å². The van der Waals surface area contributed by atoms with Crippen LogP contribution in [0.4, 0.5) is 0 Å². The fourth-order valence-corrected chi connectivity index (χ4v) is 6.40. The predicted molar refractivity (Wildman–Crippen MR) is 103 cm³/mol. The van der Waals surface area contributed by atoms with Crippen LogP contribution < -0.4 is 0 Å². The van der Waals surface area contributed by atoms with Crippen molar-refractivity contribution < 1.29 is 8.42 Å². The van der Waals surface area contributed by atoms with Crippen LogP contribution in [-0.4, -0.2) is 54.4 Å². The fraction of sp³-hybridized carbons (Fsp3) is 0.842. The summed E-state index contributed by atoms with van der Waals surface area (Å²) in [5.74, 6) is 1.40. The molecule has 0 bridgehead atoms. The third-order valence-corrected chi connectivity index (χ3v) is 7.47. The summed E-state index contributed by atoms with van der Waals surface area (Å²) < 4.78 is 26.6. The Balaban J connectivity index is 2.05. The first-order valence-corrected chi connectivity index (χ1v) is 11.0. The zero-order valence-electron chi connectivity index (χ0n) is 16.8. The predicted octanol–water partition coefficient (Wildman–Crippen LogP) is 3.24. The van der Waals surface area contributed by atoms with Gasteiger partial charge in [0, 0.05) is 36.7 Å². The van der Waals surface area contributed by atoms with E-state index >= 15 is 0 Å². The molecular weight excluding hydrogens is 334 g/mol. The van der Waals surface area contributed by atoms with Gasteiger partial charge in [0.1, 0.15) is 5.84 Å². The molecule has 142 valence electrons. The van der Waals surface area contributed by atoms with E-state index in [1.165, 1.54) is 11.3 Å². The van der Waals surface area contributed by atoms with Crippen molar-refractivity contribution in [1.29, 1.82) is 0 Å². The summed E-state index contributed by atoms with van der Waals surface area (Å²) in [6.45, 7) is 16.9. The Morgan fingerprint density at radius 2 is 1.72 bits per heavy atom. The summed E-state index contributed by atoms with van der Waals surface area (Å²) in [6, 6.07) is 0.187. The number of nitrogens with zero attached hydrogens (tertiary/aromatic N) is 3. The summed E-state index contributed by atoms with van der Waals surface area (Å²) in [4.78, 5) is 7.39. The smallest absolute Gasteiger partial charge is 0.214 e. The van der Waals surface area contributed by atoms with Crippen molar-refractivity contribution in [2.45, 2.75) is 73.4 Å². The normalized spacial score (nSPS) is 30.7. The molecule has 6 heteroatoms. The second kappa shape index (κ2) is 5.81. The van der Waals surface area contributed by atoms with E-state index in [1.807, 2.05) is 0 Å². The van der Waals surface area contributed by atoms with Crippen molar-refractivity contribution >= 4 is 15.9 Å². The Morgan fingerprint density at radius 3 is 2.20 bits per heavy atom. The average molecular weight is 368 g/mol. The minimum atomic E-state index is -3.09. The average Bonchev–Trinajstić information content (AvgIpc) is 2.97. The molecule has 3 rings (SSSR count). The molecule has 25 heavy (non-hydrogen) atoms. The zero-order valence-corrected chi connectivity index (χ0v) is 17.6. The number of fused-ring (bicyclic) bond motifs is 1. The molecular formula is C19H33N3O2S. The summed E-state index contributed by atoms with van der Waals surface area (Å²) in [6.07, 6.45) is 1.56. The molecule has 0 radical (unpaired) electrons. The number of rotatable bonds is 1. The molecule has 0 aliphatic carbocycles. The molecule has 2 atom stereocenters. The standard InChI is InChI=1S/C19H33N3O2S/c1-13-16(18(2,3)4)15-11-14(22-9-8-10-25(22,23)24)12-21(15)17(20-13)19(5,6)7/h13-14H,8-12H2,1-7H3/t13-,14-/m0/s1. The monoisotopic (exact) mass is 367 g/mol. The van der Waals surface area contributed by atoms with E-state index in [0.717, 1.165) is 25.2 Å². The maximum atomic E-state index is 12.4. The van der Waals surface area contributed by atoms with Gasteiger partial charge in [0.2, 0.25) is 10.0 Å². The summed E-state index contributed by atoms with van der Waals surface area (Å²) in [7, 11) is -3.09. The largest absolute Gasteiger partial charge is 0.332 e. The quantitative estimate of drug-likeness (QED) is 0.715. The van der Waals surface area contributed by atoms with Gasteiger partial charge < -0.3 is 4.90 Å². The molecule has 2 saturated heterocycles. The van der Waals surface area contributed by atoms with Gasteiger partial charge in [0.05, 0.1) is 11.8 Å². The van der Waals surface area contributed by atoms with Gasteiger partial charge in [-0.1, -0.05) is 41.5 Å². The van der Waals surface area contributed by atoms with Crippen LogP contribution in [0.1, 0.15) is 61.3 Å². The second-order valence-corrected chi connectivity index (χ2v) is 11.8. The Hall–Kier alpha value is -0.880. The first kappa shape index (κ1) is 18.9. The summed E-state index contributed by atoms with van der Waals surface area (Å²) in [5.41, 5.74) is 2.65.